The minimum absolute atomic E-state index is 0. The van der Waals surface area contributed by atoms with Crippen molar-refractivity contribution in [3.63, 3.8) is 0 Å². The quantitative estimate of drug-likeness (QED) is 0.254. The van der Waals surface area contributed by atoms with Crippen LogP contribution in [0.15, 0.2) is 17.4 Å². The third kappa shape index (κ3) is 5.16. The third-order valence-corrected chi connectivity index (χ3v) is 6.26. The number of unbranched alkanes of at least 4 members (excludes halogenated alkanes) is 1. The lowest BCUT2D eigenvalue weighted by molar-refractivity contribution is -0.125. The zero-order valence-corrected chi connectivity index (χ0v) is 19.4. The molecule has 1 spiro atoms. The van der Waals surface area contributed by atoms with E-state index in [9.17, 15) is 0 Å². The van der Waals surface area contributed by atoms with Crippen molar-refractivity contribution in [3.8, 4) is 0 Å². The zero-order chi connectivity index (χ0) is 18.4. The molecule has 0 aliphatic heterocycles. The van der Waals surface area contributed by atoms with Crippen LogP contribution in [-0.2, 0) is 11.3 Å². The lowest BCUT2D eigenvalue weighted by atomic mass is 9.60. The van der Waals surface area contributed by atoms with Gasteiger partial charge in [-0.15, -0.1) is 24.0 Å². The Morgan fingerprint density at radius 2 is 2.15 bits per heavy atom. The minimum Gasteiger partial charge on any atom is -0.378 e. The first-order valence-corrected chi connectivity index (χ1v) is 10.3. The van der Waals surface area contributed by atoms with Gasteiger partial charge in [0.15, 0.2) is 5.96 Å². The molecule has 3 rings (SSSR count). The molecule has 0 radical (unpaired) electrons. The Hall–Kier alpha value is -0.830. The van der Waals surface area contributed by atoms with Crippen LogP contribution in [0.5, 0.6) is 0 Å². The van der Waals surface area contributed by atoms with E-state index in [4.69, 9.17) is 4.74 Å². The van der Waals surface area contributed by atoms with Gasteiger partial charge in [0.1, 0.15) is 5.82 Å². The number of halogens is 1. The second-order valence-corrected chi connectivity index (χ2v) is 7.69. The first-order valence-electron chi connectivity index (χ1n) is 10.3. The summed E-state index contributed by atoms with van der Waals surface area (Å²) in [7, 11) is 1.87. The number of hydrogen-bond acceptors (Lipinski definition) is 3. The molecule has 1 aromatic heterocycles. The standard InChI is InChI=1S/C20H35N5O.HI/c1-4-26-18-15-17(20(18)9-5-6-10-20)24-19(21-3)23-11-7-8-13-25-14-12-22-16(25)2;/h12,14,17-18H,4-11,13,15H2,1-3H3,(H2,21,23,24);1H. The number of guanidine groups is 1. The molecule has 0 amide bonds. The molecule has 2 saturated carbocycles. The van der Waals surface area contributed by atoms with Crippen LogP contribution in [0.3, 0.4) is 0 Å². The first-order chi connectivity index (χ1) is 12.7. The normalized spacial score (nSPS) is 23.7. The van der Waals surface area contributed by atoms with Crippen LogP contribution in [0.1, 0.15) is 57.7 Å². The van der Waals surface area contributed by atoms with Gasteiger partial charge in [0.25, 0.3) is 0 Å². The van der Waals surface area contributed by atoms with Crippen molar-refractivity contribution in [1.82, 2.24) is 20.2 Å². The molecule has 2 N–H and O–H groups in total. The Labute approximate surface area is 181 Å². The SMILES string of the molecule is CCOC1CC(NC(=NC)NCCCCn2ccnc2C)C12CCCC2.I. The fraction of sp³-hybridized carbons (Fsp3) is 0.800. The summed E-state index contributed by atoms with van der Waals surface area (Å²) in [6, 6.07) is 0.501. The Morgan fingerprint density at radius 1 is 1.37 bits per heavy atom. The van der Waals surface area contributed by atoms with E-state index in [1.54, 1.807) is 0 Å². The van der Waals surface area contributed by atoms with E-state index in [1.165, 1.54) is 25.7 Å². The van der Waals surface area contributed by atoms with Gasteiger partial charge in [0.2, 0.25) is 0 Å². The topological polar surface area (TPSA) is 63.5 Å². The van der Waals surface area contributed by atoms with Gasteiger partial charge >= 0.3 is 0 Å². The molecule has 2 fully saturated rings. The summed E-state index contributed by atoms with van der Waals surface area (Å²) in [6.07, 6.45) is 13.0. The number of rotatable bonds is 8. The van der Waals surface area contributed by atoms with Gasteiger partial charge in [-0.1, -0.05) is 12.8 Å². The molecule has 2 atom stereocenters. The molecule has 2 aliphatic carbocycles. The van der Waals surface area contributed by atoms with Crippen LogP contribution >= 0.6 is 24.0 Å². The molecular weight excluding hydrogens is 453 g/mol. The molecular formula is C20H36IN5O. The van der Waals surface area contributed by atoms with E-state index in [0.29, 0.717) is 17.6 Å². The van der Waals surface area contributed by atoms with Crippen molar-refractivity contribution < 1.29 is 4.74 Å². The maximum Gasteiger partial charge on any atom is 0.191 e. The average Bonchev–Trinajstić information content (AvgIpc) is 3.30. The van der Waals surface area contributed by atoms with Gasteiger partial charge in [-0.3, -0.25) is 4.99 Å². The number of aryl methyl sites for hydroxylation is 2. The first kappa shape index (κ1) is 22.5. The number of imidazole rings is 1. The minimum atomic E-state index is 0. The number of aliphatic imine (C=N–C) groups is 1. The van der Waals surface area contributed by atoms with E-state index in [-0.39, 0.29) is 24.0 Å². The van der Waals surface area contributed by atoms with Crippen molar-refractivity contribution in [2.75, 3.05) is 20.2 Å². The lowest BCUT2D eigenvalue weighted by Gasteiger charge is -2.54. The molecule has 0 saturated heterocycles. The van der Waals surface area contributed by atoms with Crippen LogP contribution in [0.4, 0.5) is 0 Å². The highest BCUT2D eigenvalue weighted by Crippen LogP contribution is 2.54. The summed E-state index contributed by atoms with van der Waals surface area (Å²) in [5.74, 6) is 2.03. The van der Waals surface area contributed by atoms with Gasteiger partial charge in [-0.2, -0.15) is 0 Å². The summed E-state index contributed by atoms with van der Waals surface area (Å²) in [4.78, 5) is 8.70. The summed E-state index contributed by atoms with van der Waals surface area (Å²) in [5.41, 5.74) is 0.340. The van der Waals surface area contributed by atoms with Crippen LogP contribution in [0, 0.1) is 12.3 Å². The van der Waals surface area contributed by atoms with Crippen molar-refractivity contribution in [2.45, 2.75) is 77.5 Å². The van der Waals surface area contributed by atoms with Crippen LogP contribution in [0.25, 0.3) is 0 Å². The molecule has 0 bridgehead atoms. The highest BCUT2D eigenvalue weighted by atomic mass is 127. The summed E-state index contributed by atoms with van der Waals surface area (Å²) in [5, 5.41) is 7.17. The number of nitrogens with one attached hydrogen (secondary N) is 2. The van der Waals surface area contributed by atoms with Crippen molar-refractivity contribution in [3.05, 3.63) is 18.2 Å². The smallest absolute Gasteiger partial charge is 0.191 e. The predicted octanol–water partition coefficient (Wildman–Crippen LogP) is 3.49. The molecule has 2 unspecified atom stereocenters. The van der Waals surface area contributed by atoms with Gasteiger partial charge in [-0.25, -0.2) is 4.98 Å². The van der Waals surface area contributed by atoms with Gasteiger partial charge < -0.3 is 19.9 Å². The Balaban J connectivity index is 0.00000261. The number of ether oxygens (including phenoxy) is 1. The summed E-state index contributed by atoms with van der Waals surface area (Å²) >= 11 is 0. The van der Waals surface area contributed by atoms with Gasteiger partial charge in [0.05, 0.1) is 6.10 Å². The molecule has 154 valence electrons. The number of hydrogen-bond donors (Lipinski definition) is 2. The molecule has 6 nitrogen and oxygen atoms in total. The third-order valence-electron chi connectivity index (χ3n) is 6.26. The Kier molecular flexibility index (Phi) is 8.85. The maximum absolute atomic E-state index is 6.01. The molecule has 7 heteroatoms. The molecule has 0 aromatic carbocycles. The molecule has 2 aliphatic rings. The van der Waals surface area contributed by atoms with Crippen LogP contribution in [0.2, 0.25) is 0 Å². The maximum atomic E-state index is 6.01. The zero-order valence-electron chi connectivity index (χ0n) is 17.0. The monoisotopic (exact) mass is 489 g/mol. The van der Waals surface area contributed by atoms with E-state index in [0.717, 1.165) is 50.7 Å². The summed E-state index contributed by atoms with van der Waals surface area (Å²) < 4.78 is 8.22. The van der Waals surface area contributed by atoms with Crippen molar-refractivity contribution >= 4 is 29.9 Å². The van der Waals surface area contributed by atoms with Crippen LogP contribution < -0.4 is 10.6 Å². The second kappa shape index (κ2) is 10.6. The molecule has 1 aromatic rings. The lowest BCUT2D eigenvalue weighted by Crippen LogP contribution is -2.65. The fourth-order valence-electron chi connectivity index (χ4n) is 4.70. The number of aromatic nitrogens is 2. The average molecular weight is 489 g/mol. The van der Waals surface area contributed by atoms with Crippen molar-refractivity contribution in [2.24, 2.45) is 10.4 Å². The largest absolute Gasteiger partial charge is 0.378 e. The van der Waals surface area contributed by atoms with E-state index in [1.807, 2.05) is 13.2 Å². The van der Waals surface area contributed by atoms with E-state index in [2.05, 4.69) is 45.2 Å². The second-order valence-electron chi connectivity index (χ2n) is 7.69. The van der Waals surface area contributed by atoms with E-state index >= 15 is 0 Å². The van der Waals surface area contributed by atoms with E-state index < -0.39 is 0 Å². The molecule has 1 heterocycles. The van der Waals surface area contributed by atoms with Crippen molar-refractivity contribution in [1.29, 1.82) is 0 Å². The van der Waals surface area contributed by atoms with Crippen LogP contribution in [-0.4, -0.2) is 47.9 Å². The Bertz CT molecular complexity index is 597. The Morgan fingerprint density at radius 3 is 2.78 bits per heavy atom. The van der Waals surface area contributed by atoms with Gasteiger partial charge in [-0.05, 0) is 46.0 Å². The highest BCUT2D eigenvalue weighted by molar-refractivity contribution is 14.0. The molecule has 27 heavy (non-hydrogen) atoms. The highest BCUT2D eigenvalue weighted by Gasteiger charge is 2.56. The number of nitrogens with zero attached hydrogens (tertiary/aromatic N) is 3. The van der Waals surface area contributed by atoms with Gasteiger partial charge in [0, 0.05) is 50.6 Å². The summed E-state index contributed by atoms with van der Waals surface area (Å²) in [6.45, 7) is 6.96. The predicted molar refractivity (Wildman–Crippen MR) is 121 cm³/mol. The fourth-order valence-corrected chi connectivity index (χ4v) is 4.70.